The van der Waals surface area contributed by atoms with E-state index in [9.17, 15) is 4.79 Å². The number of carbonyl (C=O) groups is 1. The summed E-state index contributed by atoms with van der Waals surface area (Å²) in [6, 6.07) is 8.64. The number of aliphatic hydroxyl groups excluding tert-OH is 2. The molecule has 0 aliphatic carbocycles. The summed E-state index contributed by atoms with van der Waals surface area (Å²) in [5.41, 5.74) is 6.58. The van der Waals surface area contributed by atoms with Gasteiger partial charge in [-0.05, 0) is 5.56 Å². The number of esters is 1. The van der Waals surface area contributed by atoms with Crippen LogP contribution in [0.4, 0.5) is 0 Å². The fraction of sp³-hybridized carbons (Fsp3) is 0.462. The van der Waals surface area contributed by atoms with E-state index >= 15 is 0 Å². The van der Waals surface area contributed by atoms with Crippen LogP contribution in [0.3, 0.4) is 0 Å². The minimum atomic E-state index is -0.780. The molecule has 6 heteroatoms. The average molecular weight is 285 g/mol. The van der Waals surface area contributed by atoms with Crippen molar-refractivity contribution < 1.29 is 19.7 Å². The molecular weight excluding hydrogens is 266 g/mol. The predicted octanol–water partition coefficient (Wildman–Crippen LogP) is 0.143. The smallest absolute Gasteiger partial charge is 0.324 e. The summed E-state index contributed by atoms with van der Waals surface area (Å²) >= 11 is 1.31. The Kier molecular flexibility index (Phi) is 7.50. The van der Waals surface area contributed by atoms with Crippen LogP contribution in [0.15, 0.2) is 30.3 Å². The van der Waals surface area contributed by atoms with Crippen LogP contribution < -0.4 is 5.73 Å². The topological polar surface area (TPSA) is 92.8 Å². The van der Waals surface area contributed by atoms with E-state index in [0.29, 0.717) is 11.5 Å². The van der Waals surface area contributed by atoms with E-state index in [1.165, 1.54) is 11.8 Å². The highest BCUT2D eigenvalue weighted by atomic mass is 32.2. The van der Waals surface area contributed by atoms with Crippen molar-refractivity contribution in [3.05, 3.63) is 35.9 Å². The minimum Gasteiger partial charge on any atom is -0.460 e. The van der Waals surface area contributed by atoms with Crippen molar-refractivity contribution >= 4 is 17.7 Å². The van der Waals surface area contributed by atoms with Gasteiger partial charge in [-0.15, -0.1) is 0 Å². The van der Waals surface area contributed by atoms with Crippen LogP contribution in [0.2, 0.25) is 0 Å². The van der Waals surface area contributed by atoms with E-state index in [1.807, 2.05) is 30.3 Å². The van der Waals surface area contributed by atoms with Gasteiger partial charge in [-0.3, -0.25) is 4.79 Å². The van der Waals surface area contributed by atoms with E-state index in [-0.39, 0.29) is 13.2 Å². The number of ether oxygens (including phenoxy) is 1. The van der Waals surface area contributed by atoms with Crippen LogP contribution in [0, 0.1) is 0 Å². The molecule has 2 atom stereocenters. The number of hydrogen-bond donors (Lipinski definition) is 3. The van der Waals surface area contributed by atoms with E-state index in [0.717, 1.165) is 5.56 Å². The summed E-state index contributed by atoms with van der Waals surface area (Å²) in [7, 11) is 0. The van der Waals surface area contributed by atoms with Crippen molar-refractivity contribution in [2.45, 2.75) is 18.8 Å². The number of hydrogen-bond acceptors (Lipinski definition) is 6. The molecule has 0 bridgehead atoms. The molecule has 19 heavy (non-hydrogen) atoms. The zero-order valence-electron chi connectivity index (χ0n) is 10.6. The lowest BCUT2D eigenvalue weighted by Gasteiger charge is -2.12. The van der Waals surface area contributed by atoms with Crippen molar-refractivity contribution in [3.8, 4) is 0 Å². The molecule has 0 unspecified atom stereocenters. The average Bonchev–Trinajstić information content (AvgIpc) is 2.45. The molecule has 0 aliphatic heterocycles. The Labute approximate surface area is 116 Å². The van der Waals surface area contributed by atoms with Gasteiger partial charge in [0.1, 0.15) is 12.6 Å². The Morgan fingerprint density at radius 3 is 2.63 bits per heavy atom. The summed E-state index contributed by atoms with van der Waals surface area (Å²) in [6.45, 7) is -0.0853. The summed E-state index contributed by atoms with van der Waals surface area (Å²) in [4.78, 5) is 11.6. The molecule has 0 aliphatic rings. The van der Waals surface area contributed by atoms with Crippen molar-refractivity contribution in [1.29, 1.82) is 0 Å². The molecule has 1 aromatic rings. The van der Waals surface area contributed by atoms with E-state index in [1.54, 1.807) is 0 Å². The maximum absolute atomic E-state index is 11.6. The maximum atomic E-state index is 11.6. The second-order valence-electron chi connectivity index (χ2n) is 4.07. The fourth-order valence-electron chi connectivity index (χ4n) is 1.29. The maximum Gasteiger partial charge on any atom is 0.324 e. The van der Waals surface area contributed by atoms with Crippen molar-refractivity contribution in [2.75, 3.05) is 18.1 Å². The van der Waals surface area contributed by atoms with Crippen molar-refractivity contribution in [1.82, 2.24) is 0 Å². The molecule has 0 heterocycles. The Bertz CT molecular complexity index is 374. The van der Waals surface area contributed by atoms with E-state index < -0.39 is 18.1 Å². The molecule has 0 spiro atoms. The molecule has 0 saturated carbocycles. The van der Waals surface area contributed by atoms with Gasteiger partial charge in [0.2, 0.25) is 0 Å². The third kappa shape index (κ3) is 6.58. The molecular formula is C13H19NO4S. The molecule has 1 aromatic carbocycles. The summed E-state index contributed by atoms with van der Waals surface area (Å²) in [5.74, 6) is 0.232. The van der Waals surface area contributed by atoms with Crippen LogP contribution in [-0.4, -0.2) is 46.4 Å². The predicted molar refractivity (Wildman–Crippen MR) is 74.6 cm³/mol. The number of nitrogens with two attached hydrogens (primary N) is 1. The van der Waals surface area contributed by atoms with Crippen LogP contribution in [-0.2, 0) is 16.1 Å². The second-order valence-corrected chi connectivity index (χ2v) is 5.15. The summed E-state index contributed by atoms with van der Waals surface area (Å²) in [6.07, 6.45) is -0.780. The SMILES string of the molecule is N[C@@H](CSC[C@H](O)CO)C(=O)OCc1ccccc1. The molecule has 0 fully saturated rings. The van der Waals surface area contributed by atoms with Gasteiger partial charge in [-0.25, -0.2) is 0 Å². The molecule has 4 N–H and O–H groups in total. The van der Waals surface area contributed by atoms with Crippen LogP contribution in [0.1, 0.15) is 5.56 Å². The van der Waals surface area contributed by atoms with Crippen LogP contribution in [0.25, 0.3) is 0 Å². The van der Waals surface area contributed by atoms with E-state index in [2.05, 4.69) is 0 Å². The number of carbonyl (C=O) groups excluding carboxylic acids is 1. The number of aliphatic hydroxyl groups is 2. The third-order valence-corrected chi connectivity index (χ3v) is 3.56. The van der Waals surface area contributed by atoms with Gasteiger partial charge in [-0.2, -0.15) is 11.8 Å². The highest BCUT2D eigenvalue weighted by molar-refractivity contribution is 7.99. The third-order valence-electron chi connectivity index (χ3n) is 2.35. The molecule has 5 nitrogen and oxygen atoms in total. The second kappa shape index (κ2) is 8.92. The molecule has 0 saturated heterocycles. The quantitative estimate of drug-likeness (QED) is 0.589. The lowest BCUT2D eigenvalue weighted by Crippen LogP contribution is -2.35. The minimum absolute atomic E-state index is 0.206. The zero-order chi connectivity index (χ0) is 14.1. The lowest BCUT2D eigenvalue weighted by atomic mass is 10.2. The number of thioether (sulfide) groups is 1. The van der Waals surface area contributed by atoms with E-state index in [4.69, 9.17) is 20.7 Å². The molecule has 1 rings (SSSR count). The van der Waals surface area contributed by atoms with Crippen molar-refractivity contribution in [2.24, 2.45) is 5.73 Å². The first-order chi connectivity index (χ1) is 9.13. The monoisotopic (exact) mass is 285 g/mol. The standard InChI is InChI=1S/C13H19NO4S/c14-12(9-19-8-11(16)6-15)13(17)18-7-10-4-2-1-3-5-10/h1-5,11-12,15-16H,6-9,14H2/t11-,12+/m1/s1. The Hall–Kier alpha value is -1.08. The Morgan fingerprint density at radius 1 is 1.32 bits per heavy atom. The highest BCUT2D eigenvalue weighted by Crippen LogP contribution is 2.07. The zero-order valence-corrected chi connectivity index (χ0v) is 11.4. The molecule has 0 amide bonds. The van der Waals surface area contributed by atoms with Crippen LogP contribution >= 0.6 is 11.8 Å². The van der Waals surface area contributed by atoms with Gasteiger partial charge >= 0.3 is 5.97 Å². The molecule has 106 valence electrons. The van der Waals surface area contributed by atoms with Gasteiger partial charge in [-0.1, -0.05) is 30.3 Å². The molecule has 0 radical (unpaired) electrons. The lowest BCUT2D eigenvalue weighted by molar-refractivity contribution is -0.145. The largest absolute Gasteiger partial charge is 0.460 e. The van der Waals surface area contributed by atoms with Gasteiger partial charge in [0.15, 0.2) is 0 Å². The molecule has 0 aromatic heterocycles. The highest BCUT2D eigenvalue weighted by Gasteiger charge is 2.15. The van der Waals surface area contributed by atoms with Gasteiger partial charge in [0.25, 0.3) is 0 Å². The normalized spacial score (nSPS) is 13.8. The van der Waals surface area contributed by atoms with Gasteiger partial charge in [0.05, 0.1) is 12.7 Å². The summed E-state index contributed by atoms with van der Waals surface area (Å²) < 4.78 is 5.08. The number of benzene rings is 1. The van der Waals surface area contributed by atoms with Crippen LogP contribution in [0.5, 0.6) is 0 Å². The first kappa shape index (κ1) is 16.0. The van der Waals surface area contributed by atoms with Gasteiger partial charge < -0.3 is 20.7 Å². The summed E-state index contributed by atoms with van der Waals surface area (Å²) in [5, 5.41) is 17.8. The Balaban J connectivity index is 2.21. The fourth-order valence-corrected chi connectivity index (χ4v) is 2.19. The number of rotatable bonds is 8. The Morgan fingerprint density at radius 2 is 2.00 bits per heavy atom. The first-order valence-electron chi connectivity index (χ1n) is 5.96. The first-order valence-corrected chi connectivity index (χ1v) is 7.11. The van der Waals surface area contributed by atoms with Gasteiger partial charge in [0, 0.05) is 11.5 Å². The van der Waals surface area contributed by atoms with Crippen molar-refractivity contribution in [3.63, 3.8) is 0 Å².